The van der Waals surface area contributed by atoms with E-state index in [1.807, 2.05) is 6.08 Å². The number of methoxy groups -OCH3 is 1. The van der Waals surface area contributed by atoms with E-state index >= 15 is 0 Å². The third kappa shape index (κ3) is 4.27. The van der Waals surface area contributed by atoms with Crippen molar-refractivity contribution in [2.24, 2.45) is 0 Å². The lowest BCUT2D eigenvalue weighted by Crippen LogP contribution is -2.45. The van der Waals surface area contributed by atoms with Crippen LogP contribution in [-0.4, -0.2) is 57.9 Å². The number of ether oxygens (including phenoxy) is 1. The molecular formula is C13H24N2O3S. The minimum atomic E-state index is -3.14. The molecule has 0 aromatic carbocycles. The van der Waals surface area contributed by atoms with E-state index in [1.54, 1.807) is 11.4 Å². The highest BCUT2D eigenvalue weighted by Gasteiger charge is 2.28. The summed E-state index contributed by atoms with van der Waals surface area (Å²) in [6.07, 6.45) is 6.02. The molecule has 0 amide bonds. The van der Waals surface area contributed by atoms with Gasteiger partial charge in [0.15, 0.2) is 0 Å². The van der Waals surface area contributed by atoms with E-state index in [9.17, 15) is 8.42 Å². The predicted molar refractivity (Wildman–Crippen MR) is 75.6 cm³/mol. The normalized spacial score (nSPS) is 26.2. The Bertz CT molecular complexity index is 414. The summed E-state index contributed by atoms with van der Waals surface area (Å²) in [7, 11) is -1.47. The van der Waals surface area contributed by atoms with Gasteiger partial charge in [0.1, 0.15) is 0 Å². The highest BCUT2D eigenvalue weighted by Crippen LogP contribution is 2.17. The third-order valence-electron chi connectivity index (χ3n) is 3.81. The Balaban J connectivity index is 1.89. The van der Waals surface area contributed by atoms with Gasteiger partial charge in [-0.15, -0.1) is 0 Å². The highest BCUT2D eigenvalue weighted by molar-refractivity contribution is 7.89. The first-order valence-electron chi connectivity index (χ1n) is 7.00. The fourth-order valence-corrected chi connectivity index (χ4v) is 4.36. The van der Waals surface area contributed by atoms with Crippen molar-refractivity contribution >= 4 is 10.0 Å². The molecule has 6 heteroatoms. The van der Waals surface area contributed by atoms with Crippen molar-refractivity contribution in [3.8, 4) is 0 Å². The van der Waals surface area contributed by atoms with Gasteiger partial charge in [0, 0.05) is 26.2 Å². The van der Waals surface area contributed by atoms with E-state index in [4.69, 9.17) is 4.74 Å². The Morgan fingerprint density at radius 2 is 2.32 bits per heavy atom. The number of hydrogen-bond donors (Lipinski definition) is 1. The van der Waals surface area contributed by atoms with Crippen molar-refractivity contribution in [2.45, 2.75) is 31.7 Å². The molecule has 1 unspecified atom stereocenters. The maximum absolute atomic E-state index is 12.3. The molecule has 0 saturated carbocycles. The molecule has 110 valence electrons. The summed E-state index contributed by atoms with van der Waals surface area (Å²) in [4.78, 5) is 0. The van der Waals surface area contributed by atoms with E-state index in [0.29, 0.717) is 19.7 Å². The average molecular weight is 288 g/mol. The van der Waals surface area contributed by atoms with Crippen molar-refractivity contribution < 1.29 is 13.2 Å². The first-order chi connectivity index (χ1) is 9.12. The standard InChI is InChI=1S/C13H24N2O3S/c1-18-10-12-5-8-15(9-6-12)19(16,17)11-13-4-2-3-7-14-13/h5,13-14H,2-4,6-11H2,1H3. The van der Waals surface area contributed by atoms with Crippen LogP contribution in [0.3, 0.4) is 0 Å². The molecule has 0 spiro atoms. The lowest BCUT2D eigenvalue weighted by molar-refractivity contribution is 0.219. The van der Waals surface area contributed by atoms with Gasteiger partial charge < -0.3 is 10.1 Å². The summed E-state index contributed by atoms with van der Waals surface area (Å²) in [5, 5.41) is 3.30. The molecule has 1 saturated heterocycles. The molecule has 2 aliphatic heterocycles. The molecule has 0 aromatic heterocycles. The minimum Gasteiger partial charge on any atom is -0.380 e. The van der Waals surface area contributed by atoms with Gasteiger partial charge in [0.25, 0.3) is 0 Å². The fraction of sp³-hybridized carbons (Fsp3) is 0.846. The number of piperidine rings is 1. The summed E-state index contributed by atoms with van der Waals surface area (Å²) in [6.45, 7) is 2.63. The van der Waals surface area contributed by atoms with Crippen LogP contribution in [0.4, 0.5) is 0 Å². The second-order valence-corrected chi connectivity index (χ2v) is 7.34. The van der Waals surface area contributed by atoms with Crippen LogP contribution in [0.5, 0.6) is 0 Å². The zero-order valence-corrected chi connectivity index (χ0v) is 12.4. The van der Waals surface area contributed by atoms with Gasteiger partial charge in [-0.2, -0.15) is 4.31 Å². The summed E-state index contributed by atoms with van der Waals surface area (Å²) >= 11 is 0. The second kappa shape index (κ2) is 6.83. The topological polar surface area (TPSA) is 58.6 Å². The Kier molecular flexibility index (Phi) is 5.38. The molecule has 2 aliphatic rings. The molecule has 1 atom stereocenters. The van der Waals surface area contributed by atoms with Crippen LogP contribution in [0.1, 0.15) is 25.7 Å². The van der Waals surface area contributed by atoms with Crippen LogP contribution < -0.4 is 5.32 Å². The van der Waals surface area contributed by atoms with E-state index in [0.717, 1.165) is 32.2 Å². The Labute approximate surface area is 116 Å². The molecule has 2 rings (SSSR count). The first-order valence-corrected chi connectivity index (χ1v) is 8.61. The summed E-state index contributed by atoms with van der Waals surface area (Å²) in [5.41, 5.74) is 1.20. The van der Waals surface area contributed by atoms with Gasteiger partial charge in [-0.3, -0.25) is 0 Å². The molecular weight excluding hydrogens is 264 g/mol. The van der Waals surface area contributed by atoms with Gasteiger partial charge in [0.2, 0.25) is 10.0 Å². The van der Waals surface area contributed by atoms with Gasteiger partial charge in [-0.25, -0.2) is 8.42 Å². The summed E-state index contributed by atoms with van der Waals surface area (Å²) in [5.74, 6) is 0.237. The number of nitrogens with zero attached hydrogens (tertiary/aromatic N) is 1. The maximum Gasteiger partial charge on any atom is 0.215 e. The van der Waals surface area contributed by atoms with Crippen molar-refractivity contribution in [1.82, 2.24) is 9.62 Å². The van der Waals surface area contributed by atoms with Crippen LogP contribution in [0.2, 0.25) is 0 Å². The largest absolute Gasteiger partial charge is 0.380 e. The second-order valence-electron chi connectivity index (χ2n) is 5.33. The molecule has 1 N–H and O–H groups in total. The fourth-order valence-electron chi connectivity index (χ4n) is 2.69. The Hall–Kier alpha value is -0.430. The zero-order chi connectivity index (χ0) is 13.7. The zero-order valence-electron chi connectivity index (χ0n) is 11.6. The summed E-state index contributed by atoms with van der Waals surface area (Å²) < 4.78 is 31.4. The lowest BCUT2D eigenvalue weighted by Gasteiger charge is -2.29. The molecule has 0 radical (unpaired) electrons. The SMILES string of the molecule is COCC1=CCN(S(=O)(=O)CC2CCCCN2)CC1. The van der Waals surface area contributed by atoms with Gasteiger partial charge >= 0.3 is 0 Å². The number of hydrogen-bond acceptors (Lipinski definition) is 4. The van der Waals surface area contributed by atoms with E-state index in [-0.39, 0.29) is 11.8 Å². The summed E-state index contributed by atoms with van der Waals surface area (Å²) in [6, 6.07) is 0.128. The van der Waals surface area contributed by atoms with Crippen LogP contribution in [0, 0.1) is 0 Å². The van der Waals surface area contributed by atoms with E-state index in [1.165, 1.54) is 5.57 Å². The maximum atomic E-state index is 12.3. The first kappa shape index (κ1) is 15.0. The number of sulfonamides is 1. The van der Waals surface area contributed by atoms with Gasteiger partial charge in [-0.1, -0.05) is 12.5 Å². The monoisotopic (exact) mass is 288 g/mol. The quantitative estimate of drug-likeness (QED) is 0.758. The molecule has 0 aliphatic carbocycles. The minimum absolute atomic E-state index is 0.128. The molecule has 1 fully saturated rings. The molecule has 2 heterocycles. The van der Waals surface area contributed by atoms with Crippen molar-refractivity contribution in [3.63, 3.8) is 0 Å². The third-order valence-corrected chi connectivity index (χ3v) is 5.76. The molecule has 0 bridgehead atoms. The highest BCUT2D eigenvalue weighted by atomic mass is 32.2. The smallest absolute Gasteiger partial charge is 0.215 e. The van der Waals surface area contributed by atoms with Crippen LogP contribution in [0.25, 0.3) is 0 Å². The lowest BCUT2D eigenvalue weighted by atomic mass is 10.1. The van der Waals surface area contributed by atoms with Crippen LogP contribution >= 0.6 is 0 Å². The molecule has 5 nitrogen and oxygen atoms in total. The number of nitrogens with one attached hydrogen (secondary N) is 1. The van der Waals surface area contributed by atoms with Crippen molar-refractivity contribution in [2.75, 3.05) is 39.1 Å². The van der Waals surface area contributed by atoms with Gasteiger partial charge in [-0.05, 0) is 31.4 Å². The number of rotatable bonds is 5. The molecule has 19 heavy (non-hydrogen) atoms. The van der Waals surface area contributed by atoms with Crippen LogP contribution in [0.15, 0.2) is 11.6 Å². The van der Waals surface area contributed by atoms with Gasteiger partial charge in [0.05, 0.1) is 12.4 Å². The Morgan fingerprint density at radius 3 is 2.89 bits per heavy atom. The van der Waals surface area contributed by atoms with E-state index < -0.39 is 10.0 Å². The average Bonchev–Trinajstić information content (AvgIpc) is 2.40. The van der Waals surface area contributed by atoms with Crippen molar-refractivity contribution in [1.29, 1.82) is 0 Å². The van der Waals surface area contributed by atoms with Crippen LogP contribution in [-0.2, 0) is 14.8 Å². The molecule has 0 aromatic rings. The predicted octanol–water partition coefficient (Wildman–Crippen LogP) is 0.737. The Morgan fingerprint density at radius 1 is 1.47 bits per heavy atom. The van der Waals surface area contributed by atoms with E-state index in [2.05, 4.69) is 5.32 Å². The van der Waals surface area contributed by atoms with Crippen molar-refractivity contribution in [3.05, 3.63) is 11.6 Å².